The first-order chi connectivity index (χ1) is 20.0. The Balaban J connectivity index is 1.52. The van der Waals surface area contributed by atoms with Crippen molar-refractivity contribution in [2.45, 2.75) is 46.6 Å². The monoisotopic (exact) mass is 637 g/mol. The Morgan fingerprint density at radius 3 is 2.64 bits per heavy atom. The van der Waals surface area contributed by atoms with Crippen molar-refractivity contribution in [3.63, 3.8) is 0 Å². The second-order valence-corrected chi connectivity index (χ2v) is 14.1. The number of hydrogen-bond donors (Lipinski definition) is 1. The van der Waals surface area contributed by atoms with Gasteiger partial charge in [-0.3, -0.25) is 9.59 Å². The zero-order chi connectivity index (χ0) is 30.4. The maximum absolute atomic E-state index is 12.9. The molecular formula is C28H35N3O8S3. The number of benzene rings is 1. The quantitative estimate of drug-likeness (QED) is 0.235. The minimum absolute atomic E-state index is 0.268. The highest BCUT2D eigenvalue weighted by Gasteiger charge is 2.30. The van der Waals surface area contributed by atoms with Gasteiger partial charge in [-0.05, 0) is 62.8 Å². The average molecular weight is 638 g/mol. The van der Waals surface area contributed by atoms with Crippen LogP contribution in [0.15, 0.2) is 23.2 Å². The van der Waals surface area contributed by atoms with Gasteiger partial charge in [0.2, 0.25) is 5.91 Å². The number of hydrogen-bond acceptors (Lipinski definition) is 10. The molecule has 1 aliphatic carbocycles. The lowest BCUT2D eigenvalue weighted by atomic mass is 9.88. The lowest BCUT2D eigenvalue weighted by Crippen LogP contribution is -2.28. The summed E-state index contributed by atoms with van der Waals surface area (Å²) in [5, 5.41) is 2.85. The van der Waals surface area contributed by atoms with E-state index in [0.29, 0.717) is 49.3 Å². The summed E-state index contributed by atoms with van der Waals surface area (Å²) in [5.41, 5.74) is 1.92. The zero-order valence-electron chi connectivity index (χ0n) is 24.1. The topological polar surface area (TPSA) is 142 Å². The molecule has 0 radical (unpaired) electrons. The summed E-state index contributed by atoms with van der Waals surface area (Å²) in [4.78, 5) is 43.6. The van der Waals surface area contributed by atoms with Gasteiger partial charge in [0.15, 0.2) is 14.6 Å². The number of nitrogens with one attached hydrogen (secondary N) is 1. The number of thiazole rings is 1. The van der Waals surface area contributed by atoms with E-state index in [0.717, 1.165) is 33.5 Å². The molecule has 1 N–H and O–H groups in total. The first-order valence-electron chi connectivity index (χ1n) is 13.7. The summed E-state index contributed by atoms with van der Waals surface area (Å²) in [7, 11) is -2.90. The number of thiophene rings is 1. The third-order valence-electron chi connectivity index (χ3n) is 6.70. The van der Waals surface area contributed by atoms with E-state index in [2.05, 4.69) is 17.2 Å². The van der Waals surface area contributed by atoms with Crippen molar-refractivity contribution < 1.29 is 37.0 Å². The molecule has 0 fully saturated rings. The molecule has 0 spiro atoms. The van der Waals surface area contributed by atoms with Gasteiger partial charge < -0.3 is 24.1 Å². The Kier molecular flexibility index (Phi) is 10.6. The van der Waals surface area contributed by atoms with Crippen LogP contribution in [0.2, 0.25) is 0 Å². The van der Waals surface area contributed by atoms with E-state index >= 15 is 0 Å². The summed E-state index contributed by atoms with van der Waals surface area (Å²) < 4.78 is 44.3. The summed E-state index contributed by atoms with van der Waals surface area (Å²) >= 11 is 2.50. The third kappa shape index (κ3) is 7.65. The second-order valence-electron chi connectivity index (χ2n) is 9.93. The van der Waals surface area contributed by atoms with E-state index in [-0.39, 0.29) is 10.6 Å². The summed E-state index contributed by atoms with van der Waals surface area (Å²) in [6.45, 7) is 7.70. The Labute approximate surface area is 252 Å². The molecule has 2 heterocycles. The molecule has 0 aliphatic heterocycles. The maximum Gasteiger partial charge on any atom is 0.341 e. The number of sulfone groups is 1. The number of ether oxygens (including phenoxy) is 3. The zero-order valence-corrected chi connectivity index (χ0v) is 26.5. The summed E-state index contributed by atoms with van der Waals surface area (Å²) in [6, 6.07) is 5.52. The summed E-state index contributed by atoms with van der Waals surface area (Å²) in [6.07, 6.45) is 2.35. The summed E-state index contributed by atoms with van der Waals surface area (Å²) in [5.74, 6) is -3.06. The minimum Gasteiger partial charge on any atom is -0.494 e. The fourth-order valence-corrected chi connectivity index (χ4v) is 8.34. The molecule has 0 saturated heterocycles. The van der Waals surface area contributed by atoms with Crippen LogP contribution in [0.3, 0.4) is 0 Å². The van der Waals surface area contributed by atoms with Gasteiger partial charge >= 0.3 is 5.97 Å². The highest BCUT2D eigenvalue weighted by Crippen LogP contribution is 2.40. The molecule has 3 aromatic rings. The molecular weight excluding hydrogens is 603 g/mol. The molecule has 0 bridgehead atoms. The number of esters is 1. The molecule has 42 heavy (non-hydrogen) atoms. The molecule has 11 nitrogen and oxygen atoms in total. The first kappa shape index (κ1) is 31.9. The normalized spacial score (nSPS) is 15.4. The Hall–Kier alpha value is -3.07. The van der Waals surface area contributed by atoms with Crippen LogP contribution in [-0.2, 0) is 48.3 Å². The Morgan fingerprint density at radius 2 is 1.93 bits per heavy atom. The molecule has 1 unspecified atom stereocenters. The van der Waals surface area contributed by atoms with E-state index in [1.165, 1.54) is 29.8 Å². The number of nitrogens with zero attached hydrogens (tertiary/aromatic N) is 2. The molecule has 1 aliphatic rings. The van der Waals surface area contributed by atoms with Gasteiger partial charge in [0.1, 0.15) is 22.3 Å². The van der Waals surface area contributed by atoms with Crippen molar-refractivity contribution in [1.82, 2.24) is 4.57 Å². The standard InChI is InChI=1S/C28H35N3O8S3/c1-5-38-12-11-31-20-10-8-18(39-6-2)14-22(20)41-28(31)30-24(33)16-42(35,36)15-23(32)29-26-25(27(34)37-4)19-9-7-17(3)13-21(19)40-26/h8,10,14,17H,5-7,9,11-13,15-16H2,1-4H3,(H,29,32). The van der Waals surface area contributed by atoms with Gasteiger partial charge in [-0.1, -0.05) is 18.3 Å². The van der Waals surface area contributed by atoms with Gasteiger partial charge in [0.25, 0.3) is 5.91 Å². The van der Waals surface area contributed by atoms with Gasteiger partial charge in [-0.15, -0.1) is 11.3 Å². The first-order valence-corrected chi connectivity index (χ1v) is 17.1. The lowest BCUT2D eigenvalue weighted by molar-refractivity contribution is -0.115. The largest absolute Gasteiger partial charge is 0.494 e. The van der Waals surface area contributed by atoms with Gasteiger partial charge in [-0.2, -0.15) is 4.99 Å². The molecule has 2 amide bonds. The van der Waals surface area contributed by atoms with Crippen molar-refractivity contribution >= 4 is 65.5 Å². The fraction of sp³-hybridized carbons (Fsp3) is 0.500. The van der Waals surface area contributed by atoms with Crippen molar-refractivity contribution in [2.75, 3.05) is 43.8 Å². The van der Waals surface area contributed by atoms with E-state index in [4.69, 9.17) is 14.2 Å². The van der Waals surface area contributed by atoms with Crippen LogP contribution < -0.4 is 14.9 Å². The minimum atomic E-state index is -4.16. The number of methoxy groups -OCH3 is 1. The highest BCUT2D eigenvalue weighted by atomic mass is 32.2. The number of aromatic nitrogens is 1. The van der Waals surface area contributed by atoms with Crippen molar-refractivity contribution in [2.24, 2.45) is 10.9 Å². The highest BCUT2D eigenvalue weighted by molar-refractivity contribution is 7.92. The van der Waals surface area contributed by atoms with Crippen molar-refractivity contribution in [3.05, 3.63) is 39.0 Å². The number of anilines is 1. The second kappa shape index (κ2) is 13.9. The fourth-order valence-electron chi connectivity index (χ4n) is 4.81. The van der Waals surface area contributed by atoms with Crippen molar-refractivity contribution in [3.8, 4) is 5.75 Å². The van der Waals surface area contributed by atoms with E-state index in [1.807, 2.05) is 32.0 Å². The van der Waals surface area contributed by atoms with Crippen LogP contribution in [0.4, 0.5) is 5.00 Å². The molecule has 1 atom stereocenters. The molecule has 14 heteroatoms. The van der Waals surface area contributed by atoms with Crippen LogP contribution in [0.1, 0.15) is 48.0 Å². The lowest BCUT2D eigenvalue weighted by Gasteiger charge is -2.18. The molecule has 4 rings (SSSR count). The molecule has 0 saturated carbocycles. The van der Waals surface area contributed by atoms with Gasteiger partial charge in [0.05, 0.1) is 36.1 Å². The van der Waals surface area contributed by atoms with Crippen molar-refractivity contribution in [1.29, 1.82) is 0 Å². The van der Waals surface area contributed by atoms with Gasteiger partial charge in [0, 0.05) is 18.0 Å². The molecule has 228 valence electrons. The van der Waals surface area contributed by atoms with E-state index < -0.39 is 39.1 Å². The molecule has 2 aromatic heterocycles. The van der Waals surface area contributed by atoms with Crippen LogP contribution in [0, 0.1) is 5.92 Å². The van der Waals surface area contributed by atoms with Crippen LogP contribution in [0.25, 0.3) is 10.2 Å². The maximum atomic E-state index is 12.9. The Morgan fingerprint density at radius 1 is 1.14 bits per heavy atom. The SMILES string of the molecule is CCOCCn1c(=NC(=O)CS(=O)(=O)CC(=O)Nc2sc3c(c2C(=O)OC)CCC(C)C3)sc2cc(OCC)ccc21. The number of rotatable bonds is 12. The average Bonchev–Trinajstić information content (AvgIpc) is 3.43. The van der Waals surface area contributed by atoms with Crippen LogP contribution in [0.5, 0.6) is 5.75 Å². The van der Waals surface area contributed by atoms with E-state index in [1.54, 1.807) is 4.57 Å². The number of fused-ring (bicyclic) bond motifs is 2. The predicted octanol–water partition coefficient (Wildman–Crippen LogP) is 3.59. The van der Waals surface area contributed by atoms with Crippen LogP contribution >= 0.6 is 22.7 Å². The third-order valence-corrected chi connectivity index (χ3v) is 10.3. The number of carbonyl (C=O) groups is 3. The molecule has 1 aromatic carbocycles. The predicted molar refractivity (Wildman–Crippen MR) is 162 cm³/mol. The van der Waals surface area contributed by atoms with Gasteiger partial charge in [-0.25, -0.2) is 13.2 Å². The smallest absolute Gasteiger partial charge is 0.341 e. The number of carbonyl (C=O) groups excluding carboxylic acids is 3. The number of amides is 2. The Bertz CT molecular complexity index is 1650. The van der Waals surface area contributed by atoms with E-state index in [9.17, 15) is 22.8 Å². The van der Waals surface area contributed by atoms with Crippen LogP contribution in [-0.4, -0.2) is 69.2 Å².